The fourth-order valence-electron chi connectivity index (χ4n) is 8.15. The Bertz CT molecular complexity index is 2390. The summed E-state index contributed by atoms with van der Waals surface area (Å²) in [6.07, 6.45) is 6.86. The Balaban J connectivity index is 0.855. The molecular weight excluding hydrogens is 867 g/mol. The van der Waals surface area contributed by atoms with Gasteiger partial charge in [-0.1, -0.05) is 36.2 Å². The third kappa shape index (κ3) is 10.4. The van der Waals surface area contributed by atoms with Crippen LogP contribution in [0.2, 0.25) is 5.02 Å². The van der Waals surface area contributed by atoms with Crippen molar-refractivity contribution in [1.82, 2.24) is 25.1 Å². The van der Waals surface area contributed by atoms with Crippen molar-refractivity contribution in [2.75, 3.05) is 62.8 Å². The molecule has 1 atom stereocenters. The van der Waals surface area contributed by atoms with Crippen LogP contribution in [0.15, 0.2) is 71.8 Å². The molecule has 4 heterocycles. The van der Waals surface area contributed by atoms with E-state index in [1.807, 2.05) is 42.3 Å². The smallest absolute Gasteiger partial charge is 0.362 e. The van der Waals surface area contributed by atoms with Gasteiger partial charge in [-0.15, -0.1) is 11.8 Å². The fourth-order valence-corrected chi connectivity index (χ4v) is 10.6. The number of halogens is 1. The van der Waals surface area contributed by atoms with Gasteiger partial charge in [0, 0.05) is 82.0 Å². The van der Waals surface area contributed by atoms with Gasteiger partial charge in [0.25, 0.3) is 5.91 Å². The highest BCUT2D eigenvalue weighted by atomic mass is 35.5. The number of rotatable bonds is 18. The molecule has 2 fully saturated rings. The van der Waals surface area contributed by atoms with Crippen LogP contribution >= 0.6 is 31.0 Å². The van der Waals surface area contributed by atoms with Crippen LogP contribution in [0.25, 0.3) is 0 Å². The molecule has 3 aliphatic rings. The normalized spacial score (nSPS) is 16.8. The number of benzene rings is 3. The SMILES string of the molecule is COc1cc(N2CCC(N(C)C(=O)CCCCCSc3cccc4c3CN(C3CCC(=O)NC3=O)C4=O)CC2)ccc1Nc1ncc(Cl)c(Nc2ccccc2P(=O)(OC)OC)n1. The Morgan fingerprint density at radius 2 is 1.75 bits per heavy atom. The van der Waals surface area contributed by atoms with E-state index in [-0.39, 0.29) is 47.0 Å². The van der Waals surface area contributed by atoms with Gasteiger partial charge < -0.3 is 39.1 Å². The van der Waals surface area contributed by atoms with Crippen LogP contribution in [0.3, 0.4) is 0 Å². The van der Waals surface area contributed by atoms with Crippen molar-refractivity contribution in [3.8, 4) is 5.75 Å². The summed E-state index contributed by atoms with van der Waals surface area (Å²) in [5.41, 5.74) is 3.66. The van der Waals surface area contributed by atoms with Crippen LogP contribution in [0.5, 0.6) is 5.75 Å². The van der Waals surface area contributed by atoms with Crippen LogP contribution in [0, 0.1) is 0 Å². The average molecular weight is 919 g/mol. The number of carbonyl (C=O) groups excluding carboxylic acids is 4. The van der Waals surface area contributed by atoms with Gasteiger partial charge in [0.15, 0.2) is 5.82 Å². The maximum Gasteiger partial charge on any atom is 0.362 e. The van der Waals surface area contributed by atoms with E-state index >= 15 is 0 Å². The number of piperidine rings is 2. The van der Waals surface area contributed by atoms with Crippen LogP contribution < -0.4 is 30.9 Å². The van der Waals surface area contributed by atoms with Crippen LogP contribution in [-0.4, -0.2) is 103 Å². The Morgan fingerprint density at radius 3 is 2.49 bits per heavy atom. The number of unbranched alkanes of at least 4 members (excludes halogenated alkanes) is 2. The Labute approximate surface area is 376 Å². The molecule has 4 aromatic rings. The van der Waals surface area contributed by atoms with Crippen molar-refractivity contribution in [3.05, 3.63) is 83.0 Å². The quantitative estimate of drug-likeness (QED) is 0.0392. The van der Waals surface area contributed by atoms with Crippen LogP contribution in [0.1, 0.15) is 67.3 Å². The van der Waals surface area contributed by atoms with E-state index < -0.39 is 19.5 Å². The zero-order chi connectivity index (χ0) is 44.7. The second-order valence-electron chi connectivity index (χ2n) is 15.5. The molecule has 1 aromatic heterocycles. The lowest BCUT2D eigenvalue weighted by atomic mass is 10.0. The second-order valence-corrected chi connectivity index (χ2v) is 19.2. The maximum absolute atomic E-state index is 13.2. The molecule has 4 amide bonds. The second kappa shape index (κ2) is 20.5. The molecule has 0 bridgehead atoms. The zero-order valence-corrected chi connectivity index (χ0v) is 38.2. The van der Waals surface area contributed by atoms with E-state index in [2.05, 4.69) is 30.8 Å². The molecule has 19 heteroatoms. The lowest BCUT2D eigenvalue weighted by molar-refractivity contribution is -0.137. The first-order valence-electron chi connectivity index (χ1n) is 20.9. The number of anilines is 5. The molecular formula is C44H52ClN8O8PS. The topological polar surface area (TPSA) is 185 Å². The van der Waals surface area contributed by atoms with Gasteiger partial charge in [-0.25, -0.2) is 4.98 Å². The molecule has 7 rings (SSSR count). The average Bonchev–Trinajstić information content (AvgIpc) is 3.64. The largest absolute Gasteiger partial charge is 0.494 e. The molecule has 2 saturated heterocycles. The van der Waals surface area contributed by atoms with Gasteiger partial charge in [-0.3, -0.25) is 29.1 Å². The highest BCUT2D eigenvalue weighted by Crippen LogP contribution is 2.47. The number of para-hydroxylation sites is 1. The summed E-state index contributed by atoms with van der Waals surface area (Å²) in [4.78, 5) is 66.3. The van der Waals surface area contributed by atoms with E-state index in [4.69, 9.17) is 25.4 Å². The van der Waals surface area contributed by atoms with Crippen molar-refractivity contribution in [1.29, 1.82) is 0 Å². The lowest BCUT2D eigenvalue weighted by Gasteiger charge is -2.38. The summed E-state index contributed by atoms with van der Waals surface area (Å²) >= 11 is 8.17. The number of nitrogens with one attached hydrogen (secondary N) is 3. The van der Waals surface area contributed by atoms with Crippen molar-refractivity contribution in [2.45, 2.75) is 74.9 Å². The van der Waals surface area contributed by atoms with Gasteiger partial charge in [-0.2, -0.15) is 4.98 Å². The number of amides is 4. The molecule has 0 saturated carbocycles. The number of hydrogen-bond donors (Lipinski definition) is 3. The summed E-state index contributed by atoms with van der Waals surface area (Å²) in [6, 6.07) is 18.0. The number of aromatic nitrogens is 2. The molecule has 3 aromatic carbocycles. The van der Waals surface area contributed by atoms with Gasteiger partial charge in [0.1, 0.15) is 16.8 Å². The van der Waals surface area contributed by atoms with Gasteiger partial charge in [0.2, 0.25) is 23.7 Å². The minimum atomic E-state index is -3.58. The van der Waals surface area contributed by atoms with Crippen LogP contribution in [-0.2, 0) is 34.5 Å². The number of carbonyl (C=O) groups is 4. The number of nitrogens with zero attached hydrogens (tertiary/aromatic N) is 5. The monoisotopic (exact) mass is 918 g/mol. The maximum atomic E-state index is 13.2. The van der Waals surface area contributed by atoms with E-state index in [9.17, 15) is 23.7 Å². The first-order chi connectivity index (χ1) is 30.4. The van der Waals surface area contributed by atoms with E-state index in [0.717, 1.165) is 67.1 Å². The lowest BCUT2D eigenvalue weighted by Crippen LogP contribution is -2.52. The van der Waals surface area contributed by atoms with Crippen molar-refractivity contribution in [2.24, 2.45) is 0 Å². The molecule has 16 nitrogen and oxygen atoms in total. The Hall–Kier alpha value is -5.19. The summed E-state index contributed by atoms with van der Waals surface area (Å²) in [7, 11) is 2.58. The number of hydrogen-bond acceptors (Lipinski definition) is 14. The summed E-state index contributed by atoms with van der Waals surface area (Å²) in [5, 5.41) is 9.30. The number of thioether (sulfide) groups is 1. The predicted octanol–water partition coefficient (Wildman–Crippen LogP) is 7.28. The van der Waals surface area contributed by atoms with Gasteiger partial charge in [-0.05, 0) is 79.8 Å². The molecule has 3 N–H and O–H groups in total. The van der Waals surface area contributed by atoms with Crippen molar-refractivity contribution >= 4 is 88.7 Å². The minimum absolute atomic E-state index is 0.155. The zero-order valence-electron chi connectivity index (χ0n) is 35.7. The summed E-state index contributed by atoms with van der Waals surface area (Å²) in [6.45, 7) is 1.93. The molecule has 63 heavy (non-hydrogen) atoms. The van der Waals surface area contributed by atoms with Gasteiger partial charge >= 0.3 is 7.60 Å². The summed E-state index contributed by atoms with van der Waals surface area (Å²) < 4.78 is 29.4. The third-order valence-corrected chi connectivity index (χ3v) is 15.1. The number of ether oxygens (including phenoxy) is 1. The molecule has 0 radical (unpaired) electrons. The Kier molecular flexibility index (Phi) is 14.9. The number of imide groups is 1. The molecule has 1 unspecified atom stereocenters. The standard InChI is InChI=1S/C44H52ClN8O8PS/c1-51(40(55)15-6-5-9-24-63-38-14-10-11-30-31(38)27-53(43(30)57)35-18-19-39(54)49-42(35)56)28-20-22-52(23-21-28)29-16-17-33(36(25-29)59-2)48-44-46-26-32(45)41(50-44)47-34-12-7-8-13-37(34)62(58,60-3)61-4/h7-8,10-14,16-17,25-26,28,35H,5-6,9,15,18-24,27H2,1-4H3,(H,49,54,56)(H2,46,47,48,50). The van der Waals surface area contributed by atoms with Crippen LogP contribution in [0.4, 0.5) is 28.8 Å². The summed E-state index contributed by atoms with van der Waals surface area (Å²) in [5.74, 6) is 1.27. The van der Waals surface area contributed by atoms with E-state index in [1.54, 1.807) is 54.1 Å². The van der Waals surface area contributed by atoms with E-state index in [0.29, 0.717) is 47.4 Å². The number of methoxy groups -OCH3 is 1. The minimum Gasteiger partial charge on any atom is -0.494 e. The molecule has 3 aliphatic heterocycles. The highest BCUT2D eigenvalue weighted by molar-refractivity contribution is 7.99. The first-order valence-corrected chi connectivity index (χ1v) is 23.8. The molecule has 334 valence electrons. The van der Waals surface area contributed by atoms with Gasteiger partial charge in [0.05, 0.1) is 30.0 Å². The van der Waals surface area contributed by atoms with E-state index in [1.165, 1.54) is 20.4 Å². The first kappa shape index (κ1) is 45.8. The van der Waals surface area contributed by atoms with Crippen molar-refractivity contribution < 1.29 is 37.5 Å². The number of fused-ring (bicyclic) bond motifs is 1. The Morgan fingerprint density at radius 1 is 0.968 bits per heavy atom. The molecule has 0 spiro atoms. The predicted molar refractivity (Wildman–Crippen MR) is 244 cm³/mol. The third-order valence-electron chi connectivity index (χ3n) is 11.7. The van der Waals surface area contributed by atoms with Crippen molar-refractivity contribution in [3.63, 3.8) is 0 Å². The fraction of sp³-hybridized carbons (Fsp3) is 0.409. The highest BCUT2D eigenvalue weighted by Gasteiger charge is 2.40. The molecule has 0 aliphatic carbocycles.